The number of hydrogen-bond acceptors (Lipinski definition) is 3. The van der Waals surface area contributed by atoms with Crippen LogP contribution in [0.2, 0.25) is 0 Å². The third kappa shape index (κ3) is 4.33. The molecule has 0 bridgehead atoms. The van der Waals surface area contributed by atoms with Crippen LogP contribution in [-0.4, -0.2) is 6.54 Å². The molecule has 1 N–H and O–H groups in total. The third-order valence-corrected chi connectivity index (χ3v) is 3.32. The van der Waals surface area contributed by atoms with Crippen LogP contribution >= 0.6 is 0 Å². The van der Waals surface area contributed by atoms with E-state index in [1.54, 1.807) is 6.07 Å². The van der Waals surface area contributed by atoms with Crippen LogP contribution in [0.1, 0.15) is 36.0 Å². The highest BCUT2D eigenvalue weighted by Gasteiger charge is 2.09. The molecule has 4 heteroatoms. The molecular formula is C17H22FNO2. The molecule has 0 fully saturated rings. The quantitative estimate of drug-likeness (QED) is 0.779. The van der Waals surface area contributed by atoms with Crippen LogP contribution in [0.25, 0.3) is 0 Å². The normalized spacial score (nSPS) is 10.9. The van der Waals surface area contributed by atoms with Gasteiger partial charge < -0.3 is 14.5 Å². The Balaban J connectivity index is 1.96. The Morgan fingerprint density at radius 2 is 2.05 bits per heavy atom. The molecule has 114 valence electrons. The first kappa shape index (κ1) is 15.6. The molecule has 0 unspecified atom stereocenters. The molecular weight excluding hydrogens is 269 g/mol. The van der Waals surface area contributed by atoms with Crippen molar-refractivity contribution in [1.82, 2.24) is 5.32 Å². The molecule has 0 saturated carbocycles. The fourth-order valence-electron chi connectivity index (χ4n) is 2.14. The lowest BCUT2D eigenvalue weighted by atomic mass is 10.2. The van der Waals surface area contributed by atoms with Gasteiger partial charge in [0.05, 0.1) is 6.54 Å². The van der Waals surface area contributed by atoms with Crippen LogP contribution < -0.4 is 10.1 Å². The summed E-state index contributed by atoms with van der Waals surface area (Å²) in [5.41, 5.74) is 1.81. The highest BCUT2D eigenvalue weighted by molar-refractivity contribution is 5.33. The number of halogens is 1. The van der Waals surface area contributed by atoms with E-state index in [9.17, 15) is 4.39 Å². The second-order valence-corrected chi connectivity index (χ2v) is 5.17. The zero-order chi connectivity index (χ0) is 15.2. The molecule has 0 aliphatic rings. The van der Waals surface area contributed by atoms with Crippen molar-refractivity contribution in [2.24, 2.45) is 0 Å². The summed E-state index contributed by atoms with van der Waals surface area (Å²) < 4.78 is 24.5. The van der Waals surface area contributed by atoms with Crippen molar-refractivity contribution in [2.45, 2.75) is 40.3 Å². The molecule has 1 heterocycles. The fraction of sp³-hybridized carbons (Fsp3) is 0.412. The Morgan fingerprint density at radius 1 is 1.24 bits per heavy atom. The molecule has 0 atom stereocenters. The van der Waals surface area contributed by atoms with Gasteiger partial charge in [0.25, 0.3) is 0 Å². The Labute approximate surface area is 125 Å². The molecule has 2 rings (SSSR count). The van der Waals surface area contributed by atoms with Gasteiger partial charge in [-0.1, -0.05) is 6.92 Å². The number of benzene rings is 1. The predicted octanol–water partition coefficient (Wildman–Crippen LogP) is 4.11. The smallest absolute Gasteiger partial charge is 0.123 e. The molecule has 0 saturated heterocycles. The van der Waals surface area contributed by atoms with Crippen molar-refractivity contribution < 1.29 is 13.5 Å². The van der Waals surface area contributed by atoms with Gasteiger partial charge >= 0.3 is 0 Å². The van der Waals surface area contributed by atoms with Gasteiger partial charge in [0.15, 0.2) is 0 Å². The van der Waals surface area contributed by atoms with E-state index in [0.717, 1.165) is 42.2 Å². The Morgan fingerprint density at radius 3 is 2.76 bits per heavy atom. The van der Waals surface area contributed by atoms with Crippen molar-refractivity contribution in [3.05, 3.63) is 52.7 Å². The van der Waals surface area contributed by atoms with Crippen LogP contribution in [0.15, 0.2) is 28.7 Å². The highest BCUT2D eigenvalue weighted by atomic mass is 19.1. The predicted molar refractivity (Wildman–Crippen MR) is 80.9 cm³/mol. The lowest BCUT2D eigenvalue weighted by molar-refractivity contribution is 0.300. The first-order valence-corrected chi connectivity index (χ1v) is 7.28. The van der Waals surface area contributed by atoms with E-state index in [0.29, 0.717) is 12.4 Å². The van der Waals surface area contributed by atoms with E-state index in [1.807, 2.05) is 19.9 Å². The zero-order valence-corrected chi connectivity index (χ0v) is 12.8. The van der Waals surface area contributed by atoms with Gasteiger partial charge in [-0.15, -0.1) is 0 Å². The van der Waals surface area contributed by atoms with Gasteiger partial charge in [0.2, 0.25) is 0 Å². The number of ether oxygens (including phenoxy) is 1. The molecule has 1 aromatic carbocycles. The van der Waals surface area contributed by atoms with E-state index in [2.05, 4.69) is 12.2 Å². The van der Waals surface area contributed by atoms with E-state index in [-0.39, 0.29) is 5.82 Å². The van der Waals surface area contributed by atoms with Gasteiger partial charge in [0.1, 0.15) is 29.7 Å². The van der Waals surface area contributed by atoms with Gasteiger partial charge in [-0.05, 0) is 56.6 Å². The monoisotopic (exact) mass is 291 g/mol. The molecule has 0 amide bonds. The first-order chi connectivity index (χ1) is 10.1. The van der Waals surface area contributed by atoms with Crippen molar-refractivity contribution >= 4 is 0 Å². The largest absolute Gasteiger partial charge is 0.489 e. The van der Waals surface area contributed by atoms with Crippen molar-refractivity contribution in [2.75, 3.05) is 6.54 Å². The van der Waals surface area contributed by atoms with Gasteiger partial charge in [-0.2, -0.15) is 0 Å². The molecule has 3 nitrogen and oxygen atoms in total. The Kier molecular flexibility index (Phi) is 5.39. The minimum Gasteiger partial charge on any atom is -0.489 e. The molecule has 0 aliphatic heterocycles. The van der Waals surface area contributed by atoms with Crippen molar-refractivity contribution in [1.29, 1.82) is 0 Å². The summed E-state index contributed by atoms with van der Waals surface area (Å²) in [6.07, 6.45) is 1.10. The maximum absolute atomic E-state index is 13.0. The topological polar surface area (TPSA) is 34.4 Å². The minimum absolute atomic E-state index is 0.247. The first-order valence-electron chi connectivity index (χ1n) is 7.28. The Hall–Kier alpha value is -1.81. The Bertz CT molecular complexity index is 592. The highest BCUT2D eigenvalue weighted by Crippen LogP contribution is 2.22. The molecule has 2 aromatic rings. The van der Waals surface area contributed by atoms with E-state index >= 15 is 0 Å². The second-order valence-electron chi connectivity index (χ2n) is 5.17. The third-order valence-electron chi connectivity index (χ3n) is 3.32. The maximum Gasteiger partial charge on any atom is 0.123 e. The molecule has 0 radical (unpaired) electrons. The lowest BCUT2D eigenvalue weighted by Gasteiger charge is -2.08. The van der Waals surface area contributed by atoms with Crippen LogP contribution in [0.5, 0.6) is 5.75 Å². The fourth-order valence-corrected chi connectivity index (χ4v) is 2.14. The van der Waals surface area contributed by atoms with Gasteiger partial charge in [-0.25, -0.2) is 4.39 Å². The SMILES string of the molecule is CCCNCc1cc(COc2ccc(F)cc2C)c(C)o1. The molecule has 1 aromatic heterocycles. The van der Waals surface area contributed by atoms with E-state index in [1.165, 1.54) is 12.1 Å². The lowest BCUT2D eigenvalue weighted by Crippen LogP contribution is -2.13. The molecule has 0 spiro atoms. The number of aryl methyl sites for hydroxylation is 2. The summed E-state index contributed by atoms with van der Waals surface area (Å²) in [5, 5.41) is 3.30. The van der Waals surface area contributed by atoms with Gasteiger partial charge in [0, 0.05) is 5.56 Å². The van der Waals surface area contributed by atoms with Crippen molar-refractivity contribution in [3.63, 3.8) is 0 Å². The van der Waals surface area contributed by atoms with Crippen molar-refractivity contribution in [3.8, 4) is 5.75 Å². The molecule has 21 heavy (non-hydrogen) atoms. The number of nitrogens with one attached hydrogen (secondary N) is 1. The summed E-state index contributed by atoms with van der Waals surface area (Å²) in [6.45, 7) is 8.02. The number of rotatable bonds is 7. The van der Waals surface area contributed by atoms with E-state index < -0.39 is 0 Å². The standard InChI is InChI=1S/C17H22FNO2/c1-4-7-19-10-16-9-14(13(3)21-16)11-20-17-6-5-15(18)8-12(17)2/h5-6,8-9,19H,4,7,10-11H2,1-3H3. The second kappa shape index (κ2) is 7.27. The number of hydrogen-bond donors (Lipinski definition) is 1. The molecule has 0 aliphatic carbocycles. The summed E-state index contributed by atoms with van der Waals surface area (Å²) >= 11 is 0. The average Bonchev–Trinajstić information content (AvgIpc) is 2.79. The summed E-state index contributed by atoms with van der Waals surface area (Å²) in [5.74, 6) is 2.23. The van der Waals surface area contributed by atoms with Crippen LogP contribution in [0, 0.1) is 19.7 Å². The summed E-state index contributed by atoms with van der Waals surface area (Å²) in [6, 6.07) is 6.54. The summed E-state index contributed by atoms with van der Waals surface area (Å²) in [7, 11) is 0. The zero-order valence-electron chi connectivity index (χ0n) is 12.8. The maximum atomic E-state index is 13.0. The van der Waals surface area contributed by atoms with E-state index in [4.69, 9.17) is 9.15 Å². The van der Waals surface area contributed by atoms with Crippen LogP contribution in [-0.2, 0) is 13.2 Å². The van der Waals surface area contributed by atoms with Crippen LogP contribution in [0.4, 0.5) is 4.39 Å². The van der Waals surface area contributed by atoms with Crippen LogP contribution in [0.3, 0.4) is 0 Å². The summed E-state index contributed by atoms with van der Waals surface area (Å²) in [4.78, 5) is 0. The number of furan rings is 1. The minimum atomic E-state index is -0.247. The average molecular weight is 291 g/mol. The van der Waals surface area contributed by atoms with Gasteiger partial charge in [-0.3, -0.25) is 0 Å².